The fourth-order valence-electron chi connectivity index (χ4n) is 1.25. The maximum Gasteiger partial charge on any atom is 0.000385 e. The van der Waals surface area contributed by atoms with E-state index in [1.165, 1.54) is 25.9 Å². The van der Waals surface area contributed by atoms with Gasteiger partial charge in [0.2, 0.25) is 0 Å². The number of hydrogen-bond donors (Lipinski definition) is 0. The van der Waals surface area contributed by atoms with Gasteiger partial charge in [-0.3, -0.25) is 0 Å². The third kappa shape index (κ3) is 9.96. The van der Waals surface area contributed by atoms with Crippen molar-refractivity contribution >= 4 is 0 Å². The molecule has 1 atom stereocenters. The quantitative estimate of drug-likeness (QED) is 0.616. The Kier molecular flexibility index (Phi) is 13.2. The molecular weight excluding hydrogens is 146 g/mol. The molecule has 0 aliphatic rings. The van der Waals surface area contributed by atoms with E-state index in [-0.39, 0.29) is 0 Å². The predicted octanol–water partition coefficient (Wildman–Crippen LogP) is 3.40. The summed E-state index contributed by atoms with van der Waals surface area (Å²) >= 11 is 0. The molecule has 12 heavy (non-hydrogen) atoms. The summed E-state index contributed by atoms with van der Waals surface area (Å²) in [6, 6.07) is 0. The first-order valence-electron chi connectivity index (χ1n) is 5.39. The van der Waals surface area contributed by atoms with E-state index in [1.54, 1.807) is 0 Å². The normalized spacial score (nSPS) is 12.2. The van der Waals surface area contributed by atoms with Crippen LogP contribution in [0.5, 0.6) is 0 Å². The molecule has 0 saturated heterocycles. The molecule has 0 amide bonds. The van der Waals surface area contributed by atoms with Crippen LogP contribution in [0.25, 0.3) is 0 Å². The Balaban J connectivity index is 0. The van der Waals surface area contributed by atoms with E-state index >= 15 is 0 Å². The van der Waals surface area contributed by atoms with Crippen molar-refractivity contribution in [2.24, 2.45) is 5.92 Å². The molecule has 0 heterocycles. The van der Waals surface area contributed by atoms with Crippen LogP contribution in [0.2, 0.25) is 0 Å². The number of hydrogen-bond acceptors (Lipinski definition) is 1. The van der Waals surface area contributed by atoms with Gasteiger partial charge in [0, 0.05) is 6.54 Å². The average Bonchev–Trinajstić information content (AvgIpc) is 2.08. The van der Waals surface area contributed by atoms with E-state index in [1.807, 2.05) is 13.8 Å². The van der Waals surface area contributed by atoms with Crippen LogP contribution >= 0.6 is 0 Å². The van der Waals surface area contributed by atoms with Crippen molar-refractivity contribution in [3.8, 4) is 0 Å². The Morgan fingerprint density at radius 2 is 1.67 bits per heavy atom. The molecule has 0 N–H and O–H groups in total. The summed E-state index contributed by atoms with van der Waals surface area (Å²) in [5.74, 6) is 0.870. The highest BCUT2D eigenvalue weighted by atomic mass is 15.1. The van der Waals surface area contributed by atoms with Crippen molar-refractivity contribution < 1.29 is 0 Å². The second-order valence-corrected chi connectivity index (χ2v) is 3.25. The lowest BCUT2D eigenvalue weighted by Gasteiger charge is -2.18. The smallest absolute Gasteiger partial charge is 0.000385 e. The van der Waals surface area contributed by atoms with Crippen LogP contribution in [0, 0.1) is 5.92 Å². The Bertz CT molecular complexity index is 71.4. The summed E-state index contributed by atoms with van der Waals surface area (Å²) in [5, 5.41) is 0. The lowest BCUT2D eigenvalue weighted by Crippen LogP contribution is -2.23. The van der Waals surface area contributed by atoms with Crippen LogP contribution < -0.4 is 0 Å². The van der Waals surface area contributed by atoms with E-state index in [0.29, 0.717) is 0 Å². The molecule has 0 bridgehead atoms. The molecule has 0 aliphatic carbocycles. The van der Waals surface area contributed by atoms with Gasteiger partial charge in [-0.15, -0.1) is 0 Å². The van der Waals surface area contributed by atoms with E-state index in [2.05, 4.69) is 32.7 Å². The molecule has 0 fully saturated rings. The zero-order chi connectivity index (χ0) is 9.98. The van der Waals surface area contributed by atoms with Crippen LogP contribution in [-0.4, -0.2) is 25.0 Å². The third-order valence-electron chi connectivity index (χ3n) is 1.94. The van der Waals surface area contributed by atoms with Crippen LogP contribution in [0.3, 0.4) is 0 Å². The average molecular weight is 173 g/mol. The van der Waals surface area contributed by atoms with Crippen molar-refractivity contribution in [2.45, 2.75) is 47.5 Å². The summed E-state index contributed by atoms with van der Waals surface area (Å²) in [5.41, 5.74) is 0. The van der Waals surface area contributed by atoms with Gasteiger partial charge < -0.3 is 4.90 Å². The Labute approximate surface area is 79.2 Å². The first-order chi connectivity index (χ1) is 5.70. The van der Waals surface area contributed by atoms with E-state index in [9.17, 15) is 0 Å². The van der Waals surface area contributed by atoms with Crippen molar-refractivity contribution in [2.75, 3.05) is 20.1 Å². The van der Waals surface area contributed by atoms with Gasteiger partial charge in [-0.1, -0.05) is 41.0 Å². The standard InChI is InChI=1S/C9H21N.C2H6/c1-5-7-9(3)8-10(4)6-2;1-2/h9H,5-8H2,1-4H3;1-2H3. The molecule has 1 heteroatoms. The van der Waals surface area contributed by atoms with Crippen LogP contribution in [0.4, 0.5) is 0 Å². The molecular formula is C11H27N. The summed E-state index contributed by atoms with van der Waals surface area (Å²) < 4.78 is 0. The first kappa shape index (κ1) is 14.5. The fourth-order valence-corrected chi connectivity index (χ4v) is 1.25. The van der Waals surface area contributed by atoms with Gasteiger partial charge in [-0.05, 0) is 25.9 Å². The Morgan fingerprint density at radius 3 is 2.00 bits per heavy atom. The lowest BCUT2D eigenvalue weighted by atomic mass is 10.1. The molecule has 0 spiro atoms. The van der Waals surface area contributed by atoms with Crippen molar-refractivity contribution in [3.05, 3.63) is 0 Å². The fraction of sp³-hybridized carbons (Fsp3) is 1.00. The first-order valence-corrected chi connectivity index (χ1v) is 5.39. The minimum absolute atomic E-state index is 0.870. The predicted molar refractivity (Wildman–Crippen MR) is 58.6 cm³/mol. The monoisotopic (exact) mass is 173 g/mol. The number of nitrogens with zero attached hydrogens (tertiary/aromatic N) is 1. The molecule has 0 aromatic heterocycles. The second kappa shape index (κ2) is 11.0. The second-order valence-electron chi connectivity index (χ2n) is 3.25. The van der Waals surface area contributed by atoms with E-state index in [4.69, 9.17) is 0 Å². The molecule has 0 aromatic carbocycles. The van der Waals surface area contributed by atoms with Gasteiger partial charge in [-0.2, -0.15) is 0 Å². The molecule has 0 aromatic rings. The maximum absolute atomic E-state index is 2.38. The summed E-state index contributed by atoms with van der Waals surface area (Å²) in [4.78, 5) is 2.38. The molecule has 1 unspecified atom stereocenters. The SMILES string of the molecule is CC.CCCC(C)CN(C)CC. The van der Waals surface area contributed by atoms with E-state index < -0.39 is 0 Å². The minimum atomic E-state index is 0.870. The minimum Gasteiger partial charge on any atom is -0.306 e. The lowest BCUT2D eigenvalue weighted by molar-refractivity contribution is 0.290. The van der Waals surface area contributed by atoms with Crippen LogP contribution in [-0.2, 0) is 0 Å². The van der Waals surface area contributed by atoms with Gasteiger partial charge in [0.05, 0.1) is 0 Å². The molecule has 0 aliphatic heterocycles. The zero-order valence-electron chi connectivity index (χ0n) is 9.85. The Morgan fingerprint density at radius 1 is 1.17 bits per heavy atom. The largest absolute Gasteiger partial charge is 0.306 e. The molecule has 76 valence electrons. The molecule has 0 rings (SSSR count). The number of rotatable bonds is 5. The summed E-state index contributed by atoms with van der Waals surface area (Å²) in [6.07, 6.45) is 2.68. The van der Waals surface area contributed by atoms with Gasteiger partial charge in [0.1, 0.15) is 0 Å². The molecule has 0 saturated carbocycles. The highest BCUT2D eigenvalue weighted by molar-refractivity contribution is 4.56. The van der Waals surface area contributed by atoms with Gasteiger partial charge in [0.15, 0.2) is 0 Å². The van der Waals surface area contributed by atoms with Crippen molar-refractivity contribution in [1.29, 1.82) is 0 Å². The van der Waals surface area contributed by atoms with Gasteiger partial charge >= 0.3 is 0 Å². The van der Waals surface area contributed by atoms with Crippen molar-refractivity contribution in [1.82, 2.24) is 4.90 Å². The third-order valence-corrected chi connectivity index (χ3v) is 1.94. The van der Waals surface area contributed by atoms with Gasteiger partial charge in [-0.25, -0.2) is 0 Å². The van der Waals surface area contributed by atoms with E-state index in [0.717, 1.165) is 5.92 Å². The summed E-state index contributed by atoms with van der Waals surface area (Å²) in [6.45, 7) is 13.2. The highest BCUT2D eigenvalue weighted by Crippen LogP contribution is 2.05. The van der Waals surface area contributed by atoms with Crippen molar-refractivity contribution in [3.63, 3.8) is 0 Å². The zero-order valence-corrected chi connectivity index (χ0v) is 9.85. The van der Waals surface area contributed by atoms with Crippen LogP contribution in [0.1, 0.15) is 47.5 Å². The molecule has 0 radical (unpaired) electrons. The van der Waals surface area contributed by atoms with Gasteiger partial charge in [0.25, 0.3) is 0 Å². The van der Waals surface area contributed by atoms with Crippen LogP contribution in [0.15, 0.2) is 0 Å². The summed E-state index contributed by atoms with van der Waals surface area (Å²) in [7, 11) is 2.19. The Hall–Kier alpha value is -0.0400. The molecule has 1 nitrogen and oxygen atoms in total. The topological polar surface area (TPSA) is 3.24 Å². The maximum atomic E-state index is 2.38. The highest BCUT2D eigenvalue weighted by Gasteiger charge is 2.02.